The van der Waals surface area contributed by atoms with Crippen LogP contribution in [0.4, 0.5) is 4.79 Å². The van der Waals surface area contributed by atoms with Crippen molar-refractivity contribution >= 4 is 29.7 Å². The number of rotatable bonds is 10. The molecule has 2 aliphatic heterocycles. The first-order valence-corrected chi connectivity index (χ1v) is 16.1. The van der Waals surface area contributed by atoms with E-state index in [-0.39, 0.29) is 12.5 Å². The Hall–Kier alpha value is -4.56. The molecule has 6 rings (SSSR count). The Labute approximate surface area is 267 Å². The van der Waals surface area contributed by atoms with Gasteiger partial charge in [0.1, 0.15) is 18.6 Å². The van der Waals surface area contributed by atoms with Crippen LogP contribution in [0.5, 0.6) is 0 Å². The first kappa shape index (κ1) is 30.5. The number of benzene rings is 4. The molecule has 2 saturated heterocycles. The molecule has 7 nitrogen and oxygen atoms in total. The molecule has 4 unspecified atom stereocenters. The summed E-state index contributed by atoms with van der Waals surface area (Å²) in [6, 6.07) is 39.7. The minimum Gasteiger partial charge on any atom is -0.459 e. The lowest BCUT2D eigenvalue weighted by atomic mass is 9.84. The number of β-lactam (4-membered cyclic amide) rings is 1. The van der Waals surface area contributed by atoms with Crippen LogP contribution in [-0.4, -0.2) is 46.9 Å². The lowest BCUT2D eigenvalue weighted by Gasteiger charge is -2.47. The highest BCUT2D eigenvalue weighted by molar-refractivity contribution is 8.01. The van der Waals surface area contributed by atoms with Gasteiger partial charge in [0.15, 0.2) is 0 Å². The van der Waals surface area contributed by atoms with Gasteiger partial charge in [-0.2, -0.15) is 0 Å². The molecule has 2 heterocycles. The third-order valence-corrected chi connectivity index (χ3v) is 10.3. The number of thioether (sulfide) groups is 1. The summed E-state index contributed by atoms with van der Waals surface area (Å²) >= 11 is 1.62. The summed E-state index contributed by atoms with van der Waals surface area (Å²) in [6.45, 7) is 1.95. The zero-order valence-corrected chi connectivity index (χ0v) is 25.9. The average molecular weight is 621 g/mol. The smallest absolute Gasteiger partial charge is 0.410 e. The molecule has 0 aromatic heterocycles. The highest BCUT2D eigenvalue weighted by Gasteiger charge is 2.55. The van der Waals surface area contributed by atoms with E-state index in [4.69, 9.17) is 9.47 Å². The fraction of sp³-hybridized carbons (Fsp3) is 0.270. The molecular formula is C37H36N2O5S. The number of carbonyl (C=O) groups excluding carboxylic acids is 3. The van der Waals surface area contributed by atoms with Crippen LogP contribution in [-0.2, 0) is 30.4 Å². The highest BCUT2D eigenvalue weighted by atomic mass is 32.2. The Balaban J connectivity index is 1.34. The third-order valence-electron chi connectivity index (χ3n) is 8.53. The van der Waals surface area contributed by atoms with Gasteiger partial charge in [0, 0.05) is 13.5 Å². The highest BCUT2D eigenvalue weighted by Crippen LogP contribution is 2.53. The van der Waals surface area contributed by atoms with E-state index in [1.165, 1.54) is 6.92 Å². The predicted octanol–water partition coefficient (Wildman–Crippen LogP) is 6.52. The number of hydrogen-bond donors (Lipinski definition) is 1. The van der Waals surface area contributed by atoms with Gasteiger partial charge in [0.25, 0.3) is 0 Å². The summed E-state index contributed by atoms with van der Waals surface area (Å²) in [5.74, 6) is -1.37. The van der Waals surface area contributed by atoms with Crippen molar-refractivity contribution in [1.82, 2.24) is 10.2 Å². The molecule has 0 bridgehead atoms. The maximum Gasteiger partial charge on any atom is 0.410 e. The van der Waals surface area contributed by atoms with E-state index in [0.717, 1.165) is 28.7 Å². The second-order valence-electron chi connectivity index (χ2n) is 11.4. The number of nitrogens with zero attached hydrogens (tertiary/aromatic N) is 1. The quantitative estimate of drug-likeness (QED) is 0.124. The molecular weight excluding hydrogens is 584 g/mol. The van der Waals surface area contributed by atoms with Crippen LogP contribution >= 0.6 is 11.8 Å². The van der Waals surface area contributed by atoms with Crippen molar-refractivity contribution in [3.05, 3.63) is 144 Å². The molecule has 0 radical (unpaired) electrons. The monoisotopic (exact) mass is 620 g/mol. The summed E-state index contributed by atoms with van der Waals surface area (Å²) in [5.41, 5.74) is 4.06. The van der Waals surface area contributed by atoms with Gasteiger partial charge in [0.05, 0.1) is 16.2 Å². The molecule has 1 N–H and O–H groups in total. The van der Waals surface area contributed by atoms with E-state index < -0.39 is 40.2 Å². The number of ether oxygens (including phenoxy) is 2. The third kappa shape index (κ3) is 6.33. The molecule has 2 fully saturated rings. The fourth-order valence-electron chi connectivity index (χ4n) is 6.45. The van der Waals surface area contributed by atoms with Crippen LogP contribution in [0, 0.1) is 5.92 Å². The number of likely N-dealkylation sites (tertiary alicyclic amines) is 1. The van der Waals surface area contributed by atoms with Gasteiger partial charge in [0.2, 0.25) is 5.91 Å². The summed E-state index contributed by atoms with van der Waals surface area (Å²) in [6.07, 6.45) is 0.00720. The SMILES string of the molecule is CC(=O)OC(C1C(=O)NC1SC(c1ccccc1)(c1ccccc1)c1ccccc1)C1CCCN1C(=O)OCc1ccccc1. The van der Waals surface area contributed by atoms with Gasteiger partial charge in [-0.05, 0) is 35.1 Å². The number of hydrogen-bond acceptors (Lipinski definition) is 6. The molecule has 0 spiro atoms. The van der Waals surface area contributed by atoms with Gasteiger partial charge < -0.3 is 19.7 Å². The standard InChI is InChI=1S/C37H36N2O5S/c1-26(40)44-33(31-23-14-24-39(31)36(42)43-25-27-15-6-2-7-16-27)32-34(41)38-35(32)45-37(28-17-8-3-9-18-28,29-19-10-4-11-20-29)30-21-12-5-13-22-30/h2-13,15-22,31-33,35H,14,23-25H2,1H3,(H,38,41). The van der Waals surface area contributed by atoms with Crippen LogP contribution in [0.15, 0.2) is 121 Å². The molecule has 4 aromatic carbocycles. The summed E-state index contributed by atoms with van der Waals surface area (Å²) < 4.78 is 10.9. The van der Waals surface area contributed by atoms with Crippen LogP contribution < -0.4 is 5.32 Å². The van der Waals surface area contributed by atoms with Crippen molar-refractivity contribution in [3.63, 3.8) is 0 Å². The molecule has 4 aromatic rings. The van der Waals surface area contributed by atoms with Crippen molar-refractivity contribution < 1.29 is 23.9 Å². The molecule has 4 atom stereocenters. The molecule has 45 heavy (non-hydrogen) atoms. The van der Waals surface area contributed by atoms with Crippen molar-refractivity contribution in [2.45, 2.75) is 48.6 Å². The Bertz CT molecular complexity index is 1510. The van der Waals surface area contributed by atoms with Gasteiger partial charge in [-0.25, -0.2) is 4.79 Å². The van der Waals surface area contributed by atoms with E-state index >= 15 is 0 Å². The number of esters is 1. The zero-order valence-electron chi connectivity index (χ0n) is 25.1. The maximum absolute atomic E-state index is 13.5. The Morgan fingerprint density at radius 1 is 0.844 bits per heavy atom. The number of nitrogens with one attached hydrogen (secondary N) is 1. The van der Waals surface area contributed by atoms with Crippen LogP contribution in [0.2, 0.25) is 0 Å². The summed E-state index contributed by atoms with van der Waals surface area (Å²) in [5, 5.41) is 2.71. The minimum atomic E-state index is -0.833. The normalized spacial score (nSPS) is 20.1. The van der Waals surface area contributed by atoms with E-state index in [1.54, 1.807) is 16.7 Å². The predicted molar refractivity (Wildman–Crippen MR) is 174 cm³/mol. The lowest BCUT2D eigenvalue weighted by molar-refractivity contribution is -0.160. The molecule has 2 amide bonds. The van der Waals surface area contributed by atoms with E-state index in [2.05, 4.69) is 41.7 Å². The second-order valence-corrected chi connectivity index (χ2v) is 12.7. The minimum absolute atomic E-state index is 0.136. The molecule has 2 aliphatic rings. The van der Waals surface area contributed by atoms with E-state index in [1.807, 2.05) is 84.9 Å². The zero-order chi connectivity index (χ0) is 31.2. The Kier molecular flexibility index (Phi) is 9.21. The molecule has 0 aliphatic carbocycles. The topological polar surface area (TPSA) is 84.9 Å². The second kappa shape index (κ2) is 13.6. The van der Waals surface area contributed by atoms with Crippen molar-refractivity contribution in [1.29, 1.82) is 0 Å². The summed E-state index contributed by atoms with van der Waals surface area (Å²) in [7, 11) is 0. The maximum atomic E-state index is 13.5. The fourth-order valence-corrected chi connectivity index (χ4v) is 8.25. The van der Waals surface area contributed by atoms with Crippen molar-refractivity contribution in [2.24, 2.45) is 5.92 Å². The average Bonchev–Trinajstić information content (AvgIpc) is 3.57. The van der Waals surface area contributed by atoms with E-state index in [0.29, 0.717) is 13.0 Å². The first-order chi connectivity index (χ1) is 22.0. The van der Waals surface area contributed by atoms with Crippen LogP contribution in [0.1, 0.15) is 42.0 Å². The molecule has 0 saturated carbocycles. The Morgan fingerprint density at radius 2 is 1.36 bits per heavy atom. The van der Waals surface area contributed by atoms with Gasteiger partial charge in [-0.3, -0.25) is 9.59 Å². The lowest BCUT2D eigenvalue weighted by Crippen LogP contribution is -2.66. The van der Waals surface area contributed by atoms with Crippen molar-refractivity contribution in [2.75, 3.05) is 6.54 Å². The molecule has 230 valence electrons. The Morgan fingerprint density at radius 3 is 1.84 bits per heavy atom. The van der Waals surface area contributed by atoms with Crippen LogP contribution in [0.3, 0.4) is 0 Å². The summed E-state index contributed by atoms with van der Waals surface area (Å²) in [4.78, 5) is 40.9. The van der Waals surface area contributed by atoms with Gasteiger partial charge in [-0.1, -0.05) is 121 Å². The number of carbonyl (C=O) groups is 3. The van der Waals surface area contributed by atoms with Gasteiger partial charge >= 0.3 is 12.1 Å². The van der Waals surface area contributed by atoms with Crippen LogP contribution in [0.25, 0.3) is 0 Å². The van der Waals surface area contributed by atoms with E-state index in [9.17, 15) is 14.4 Å². The van der Waals surface area contributed by atoms with Gasteiger partial charge in [-0.15, -0.1) is 11.8 Å². The molecule has 8 heteroatoms. The first-order valence-electron chi connectivity index (χ1n) is 15.3. The van der Waals surface area contributed by atoms with Crippen molar-refractivity contribution in [3.8, 4) is 0 Å². The number of amides is 2. The largest absolute Gasteiger partial charge is 0.459 e.